The molecule has 1 amide bonds. The summed E-state index contributed by atoms with van der Waals surface area (Å²) in [5.41, 5.74) is 4.37. The molecule has 3 aromatic carbocycles. The first-order chi connectivity index (χ1) is 14.6. The molecule has 0 saturated heterocycles. The maximum Gasteiger partial charge on any atom is 0.362 e. The van der Waals surface area contributed by atoms with Crippen LogP contribution in [0.5, 0.6) is 11.5 Å². The van der Waals surface area contributed by atoms with Gasteiger partial charge in [0.1, 0.15) is 11.5 Å². The molecule has 0 fully saturated rings. The largest absolute Gasteiger partial charge is 0.497 e. The van der Waals surface area contributed by atoms with Crippen LogP contribution in [0.1, 0.15) is 20.7 Å². The fraction of sp³-hybridized carbons (Fsp3) is 0.0909. The van der Waals surface area contributed by atoms with Gasteiger partial charge in [0.05, 0.1) is 31.2 Å². The fourth-order valence-electron chi connectivity index (χ4n) is 2.38. The van der Waals surface area contributed by atoms with Crippen molar-refractivity contribution in [3.8, 4) is 11.5 Å². The van der Waals surface area contributed by atoms with Gasteiger partial charge in [-0.2, -0.15) is 0 Å². The highest BCUT2D eigenvalue weighted by Crippen LogP contribution is 2.19. The highest BCUT2D eigenvalue weighted by Gasteiger charge is 2.08. The third kappa shape index (κ3) is 5.41. The van der Waals surface area contributed by atoms with Crippen molar-refractivity contribution in [2.45, 2.75) is 0 Å². The highest BCUT2D eigenvalue weighted by atomic mass is 16.7. The van der Waals surface area contributed by atoms with Crippen LogP contribution in [0.15, 0.2) is 83.0 Å². The second-order valence-electron chi connectivity index (χ2n) is 6.00. The Morgan fingerprint density at radius 1 is 0.733 bits per heavy atom. The quantitative estimate of drug-likeness (QED) is 0.447. The van der Waals surface area contributed by atoms with Crippen LogP contribution < -0.4 is 15.0 Å². The van der Waals surface area contributed by atoms with E-state index in [1.807, 2.05) is 0 Å². The van der Waals surface area contributed by atoms with Crippen molar-refractivity contribution in [3.05, 3.63) is 83.9 Å². The van der Waals surface area contributed by atoms with E-state index in [-0.39, 0.29) is 0 Å². The number of benzene rings is 3. The van der Waals surface area contributed by atoms with Gasteiger partial charge in [-0.25, -0.2) is 10.3 Å². The topological polar surface area (TPSA) is 98.6 Å². The minimum Gasteiger partial charge on any atom is -0.497 e. The molecule has 0 spiro atoms. The fourth-order valence-corrected chi connectivity index (χ4v) is 2.38. The average Bonchev–Trinajstić information content (AvgIpc) is 2.81. The molecule has 0 atom stereocenters. The van der Waals surface area contributed by atoms with E-state index in [2.05, 4.69) is 15.7 Å². The lowest BCUT2D eigenvalue weighted by Crippen LogP contribution is -2.10. The lowest BCUT2D eigenvalue weighted by atomic mass is 10.2. The van der Waals surface area contributed by atoms with E-state index in [1.54, 1.807) is 87.0 Å². The maximum atomic E-state index is 12.1. The molecule has 3 rings (SSSR count). The number of amides is 1. The first-order valence-corrected chi connectivity index (χ1v) is 8.90. The van der Waals surface area contributed by atoms with Gasteiger partial charge in [0.25, 0.3) is 5.91 Å². The van der Waals surface area contributed by atoms with Crippen molar-refractivity contribution in [3.63, 3.8) is 0 Å². The number of nitrogens with zero attached hydrogens (tertiary/aromatic N) is 2. The summed E-state index contributed by atoms with van der Waals surface area (Å²) in [7, 11) is 3.10. The second kappa shape index (κ2) is 9.83. The third-order valence-electron chi connectivity index (χ3n) is 4.05. The van der Waals surface area contributed by atoms with E-state index in [4.69, 9.17) is 14.3 Å². The van der Waals surface area contributed by atoms with Gasteiger partial charge in [-0.05, 0) is 72.8 Å². The zero-order chi connectivity index (χ0) is 21.3. The summed E-state index contributed by atoms with van der Waals surface area (Å²) in [6.45, 7) is 0. The molecular weight excluding hydrogens is 386 g/mol. The van der Waals surface area contributed by atoms with Crippen molar-refractivity contribution in [2.24, 2.45) is 10.2 Å². The Bertz CT molecular complexity index is 1030. The Hall–Kier alpha value is -4.20. The summed E-state index contributed by atoms with van der Waals surface area (Å²) >= 11 is 0. The van der Waals surface area contributed by atoms with Gasteiger partial charge in [-0.15, -0.1) is 10.2 Å². The minimum atomic E-state index is -0.536. The van der Waals surface area contributed by atoms with E-state index in [0.717, 1.165) is 0 Å². The minimum absolute atomic E-state index is 0.380. The second-order valence-corrected chi connectivity index (χ2v) is 6.00. The number of nitrogens with one attached hydrogen (secondary N) is 1. The Morgan fingerprint density at radius 3 is 1.80 bits per heavy atom. The van der Waals surface area contributed by atoms with E-state index in [0.29, 0.717) is 34.0 Å². The Balaban J connectivity index is 1.54. The van der Waals surface area contributed by atoms with Crippen molar-refractivity contribution in [2.75, 3.05) is 19.7 Å². The molecule has 3 aromatic rings. The van der Waals surface area contributed by atoms with Crippen LogP contribution in [0.3, 0.4) is 0 Å². The zero-order valence-electron chi connectivity index (χ0n) is 16.4. The summed E-state index contributed by atoms with van der Waals surface area (Å²) in [5.74, 6) is 0.300. The predicted molar refractivity (Wildman–Crippen MR) is 110 cm³/mol. The van der Waals surface area contributed by atoms with Gasteiger partial charge in [0.2, 0.25) is 0 Å². The average molecular weight is 405 g/mol. The standard InChI is InChI=1S/C22H19N3O5/c1-28-19-11-3-15(4-12-19)21(26)24-23-17-7-9-18(10-8-17)25-30-22(27)16-5-13-20(29-2)14-6-16/h3-14,25H,1-2H3. The molecular formula is C22H19N3O5. The number of ether oxygens (including phenoxy) is 2. The van der Waals surface area contributed by atoms with E-state index in [9.17, 15) is 9.59 Å². The summed E-state index contributed by atoms with van der Waals surface area (Å²) in [5, 5.41) is 7.63. The molecule has 0 aliphatic carbocycles. The Kier molecular flexibility index (Phi) is 6.73. The SMILES string of the molecule is COc1ccc(C(=O)N=Nc2ccc(NOC(=O)c3ccc(OC)cc3)cc2)cc1. The van der Waals surface area contributed by atoms with E-state index < -0.39 is 11.9 Å². The lowest BCUT2D eigenvalue weighted by molar-refractivity contribution is 0.0596. The molecule has 0 aliphatic rings. The van der Waals surface area contributed by atoms with Crippen LogP contribution in [0, 0.1) is 0 Å². The van der Waals surface area contributed by atoms with Crippen LogP contribution in [-0.2, 0) is 4.84 Å². The smallest absolute Gasteiger partial charge is 0.362 e. The van der Waals surface area contributed by atoms with Gasteiger partial charge in [0.15, 0.2) is 0 Å². The molecule has 0 aromatic heterocycles. The number of methoxy groups -OCH3 is 2. The zero-order valence-corrected chi connectivity index (χ0v) is 16.4. The molecule has 0 radical (unpaired) electrons. The number of anilines is 1. The molecule has 0 bridgehead atoms. The summed E-state index contributed by atoms with van der Waals surface area (Å²) < 4.78 is 10.1. The first-order valence-electron chi connectivity index (χ1n) is 8.90. The van der Waals surface area contributed by atoms with Gasteiger partial charge in [-0.3, -0.25) is 4.79 Å². The monoisotopic (exact) mass is 405 g/mol. The van der Waals surface area contributed by atoms with E-state index in [1.165, 1.54) is 0 Å². The van der Waals surface area contributed by atoms with Crippen molar-refractivity contribution >= 4 is 23.3 Å². The van der Waals surface area contributed by atoms with Crippen LogP contribution in [0.2, 0.25) is 0 Å². The van der Waals surface area contributed by atoms with Crippen LogP contribution in [-0.4, -0.2) is 26.1 Å². The number of hydrogen-bond acceptors (Lipinski definition) is 7. The molecule has 0 aliphatic heterocycles. The molecule has 30 heavy (non-hydrogen) atoms. The molecule has 152 valence electrons. The molecule has 0 heterocycles. The summed E-state index contributed by atoms with van der Waals surface area (Å²) in [4.78, 5) is 29.1. The van der Waals surface area contributed by atoms with Crippen LogP contribution in [0.25, 0.3) is 0 Å². The van der Waals surface area contributed by atoms with E-state index >= 15 is 0 Å². The van der Waals surface area contributed by atoms with Gasteiger partial charge < -0.3 is 14.3 Å². The predicted octanol–water partition coefficient (Wildman–Crippen LogP) is 4.81. The maximum absolute atomic E-state index is 12.1. The summed E-state index contributed by atoms with van der Waals surface area (Å²) in [6, 6.07) is 19.7. The number of carbonyl (C=O) groups is 2. The molecule has 8 heteroatoms. The molecule has 0 saturated carbocycles. The number of hydrogen-bond donors (Lipinski definition) is 1. The molecule has 1 N–H and O–H groups in total. The van der Waals surface area contributed by atoms with Crippen LogP contribution >= 0.6 is 0 Å². The van der Waals surface area contributed by atoms with Gasteiger partial charge in [0, 0.05) is 5.56 Å². The first kappa shape index (κ1) is 20.5. The lowest BCUT2D eigenvalue weighted by Gasteiger charge is -2.07. The van der Waals surface area contributed by atoms with Gasteiger partial charge >= 0.3 is 5.97 Å². The van der Waals surface area contributed by atoms with Crippen molar-refractivity contribution < 1.29 is 23.9 Å². The number of rotatable bonds is 7. The Morgan fingerprint density at radius 2 is 1.27 bits per heavy atom. The normalized spacial score (nSPS) is 10.5. The molecule has 8 nitrogen and oxygen atoms in total. The highest BCUT2D eigenvalue weighted by molar-refractivity contribution is 5.94. The van der Waals surface area contributed by atoms with Crippen molar-refractivity contribution in [1.29, 1.82) is 0 Å². The van der Waals surface area contributed by atoms with Crippen molar-refractivity contribution in [1.82, 2.24) is 0 Å². The Labute approximate surface area is 173 Å². The summed E-state index contributed by atoms with van der Waals surface area (Å²) in [6.07, 6.45) is 0. The van der Waals surface area contributed by atoms with Gasteiger partial charge in [-0.1, -0.05) is 0 Å². The van der Waals surface area contributed by atoms with Crippen LogP contribution in [0.4, 0.5) is 11.4 Å². The number of azo groups is 1. The molecule has 0 unspecified atom stereocenters. The number of carbonyl (C=O) groups excluding carboxylic acids is 2. The third-order valence-corrected chi connectivity index (χ3v) is 4.05.